The zero-order valence-corrected chi connectivity index (χ0v) is 12.7. The van der Waals surface area contributed by atoms with E-state index in [-0.39, 0.29) is 6.61 Å². The third kappa shape index (κ3) is 4.77. The van der Waals surface area contributed by atoms with Crippen LogP contribution in [0.15, 0.2) is 48.5 Å². The van der Waals surface area contributed by atoms with Gasteiger partial charge in [-0.2, -0.15) is 0 Å². The van der Waals surface area contributed by atoms with E-state index < -0.39 is 23.7 Å². The molecule has 3 N–H and O–H groups in total. The number of carbonyl (C=O) groups excluding carboxylic acids is 2. The molecule has 1 unspecified atom stereocenters. The molecule has 7 heteroatoms. The summed E-state index contributed by atoms with van der Waals surface area (Å²) < 4.78 is 12.8. The van der Waals surface area contributed by atoms with E-state index in [1.807, 2.05) is 0 Å². The maximum atomic E-state index is 12.8. The molecule has 0 aliphatic carbocycles. The van der Waals surface area contributed by atoms with Crippen LogP contribution in [0.25, 0.3) is 0 Å². The van der Waals surface area contributed by atoms with Crippen LogP contribution >= 0.6 is 11.6 Å². The van der Waals surface area contributed by atoms with Crippen molar-refractivity contribution in [1.82, 2.24) is 5.32 Å². The van der Waals surface area contributed by atoms with E-state index in [1.165, 1.54) is 12.1 Å². The number of hydrogen-bond donors (Lipinski definition) is 3. The summed E-state index contributed by atoms with van der Waals surface area (Å²) in [7, 11) is 0. The number of amides is 2. The first-order valence-corrected chi connectivity index (χ1v) is 7.11. The van der Waals surface area contributed by atoms with E-state index in [2.05, 4.69) is 10.6 Å². The third-order valence-corrected chi connectivity index (χ3v) is 3.32. The minimum absolute atomic E-state index is 0.290. The van der Waals surface area contributed by atoms with E-state index in [0.29, 0.717) is 16.3 Å². The van der Waals surface area contributed by atoms with Crippen molar-refractivity contribution in [2.75, 3.05) is 11.9 Å². The molecule has 2 aromatic carbocycles. The second kappa shape index (κ2) is 7.71. The summed E-state index contributed by atoms with van der Waals surface area (Å²) in [6.45, 7) is -0.378. The highest BCUT2D eigenvalue weighted by atomic mass is 35.5. The van der Waals surface area contributed by atoms with Gasteiger partial charge in [0.15, 0.2) is 0 Å². The lowest BCUT2D eigenvalue weighted by atomic mass is 10.1. The Balaban J connectivity index is 1.99. The normalized spacial score (nSPS) is 11.6. The Morgan fingerprint density at radius 1 is 1.04 bits per heavy atom. The predicted octanol–water partition coefficient (Wildman–Crippen LogP) is 2.27. The van der Waals surface area contributed by atoms with Crippen LogP contribution in [0, 0.1) is 5.82 Å². The highest BCUT2D eigenvalue weighted by Gasteiger charge is 2.19. The summed E-state index contributed by atoms with van der Waals surface area (Å²) >= 11 is 5.78. The molecule has 0 spiro atoms. The zero-order valence-electron chi connectivity index (χ0n) is 11.9. The molecule has 23 heavy (non-hydrogen) atoms. The molecule has 2 rings (SSSR count). The molecule has 5 nitrogen and oxygen atoms in total. The van der Waals surface area contributed by atoms with Crippen LogP contribution in [0.3, 0.4) is 0 Å². The summed E-state index contributed by atoms with van der Waals surface area (Å²) in [4.78, 5) is 23.7. The molecular formula is C16H14ClFN2O3. The standard InChI is InChI=1S/C16H14ClFN2O3/c17-11-3-1-10(2-4-11)14(9-21)20-16(23)15(22)19-13-7-5-12(18)6-8-13/h1-8,14,21H,9H2,(H,19,22)(H,20,23). The Morgan fingerprint density at radius 3 is 2.22 bits per heavy atom. The lowest BCUT2D eigenvalue weighted by Gasteiger charge is -2.16. The van der Waals surface area contributed by atoms with Gasteiger partial charge in [0, 0.05) is 10.7 Å². The minimum Gasteiger partial charge on any atom is -0.394 e. The fraction of sp³-hybridized carbons (Fsp3) is 0.125. The van der Waals surface area contributed by atoms with Crippen molar-refractivity contribution in [3.63, 3.8) is 0 Å². The topological polar surface area (TPSA) is 78.4 Å². The van der Waals surface area contributed by atoms with Crippen LogP contribution in [-0.4, -0.2) is 23.5 Å². The second-order valence-corrected chi connectivity index (χ2v) is 5.16. The van der Waals surface area contributed by atoms with Crippen molar-refractivity contribution >= 4 is 29.1 Å². The number of aliphatic hydroxyl groups is 1. The molecule has 0 radical (unpaired) electrons. The van der Waals surface area contributed by atoms with E-state index in [9.17, 15) is 19.1 Å². The maximum absolute atomic E-state index is 12.8. The molecule has 120 valence electrons. The van der Waals surface area contributed by atoms with Gasteiger partial charge in [-0.25, -0.2) is 4.39 Å². The average molecular weight is 337 g/mol. The van der Waals surface area contributed by atoms with Gasteiger partial charge in [-0.3, -0.25) is 9.59 Å². The predicted molar refractivity (Wildman–Crippen MR) is 84.5 cm³/mol. The average Bonchev–Trinajstić information content (AvgIpc) is 2.55. The molecule has 0 bridgehead atoms. The van der Waals surface area contributed by atoms with Crippen LogP contribution in [0.4, 0.5) is 10.1 Å². The second-order valence-electron chi connectivity index (χ2n) is 4.72. The fourth-order valence-corrected chi connectivity index (χ4v) is 2.00. The SMILES string of the molecule is O=C(Nc1ccc(F)cc1)C(=O)NC(CO)c1ccc(Cl)cc1. The molecular weight excluding hydrogens is 323 g/mol. The van der Waals surface area contributed by atoms with Gasteiger partial charge in [0.1, 0.15) is 5.82 Å². The number of aliphatic hydroxyl groups excluding tert-OH is 1. The monoisotopic (exact) mass is 336 g/mol. The van der Waals surface area contributed by atoms with Crippen molar-refractivity contribution in [3.05, 3.63) is 64.9 Å². The minimum atomic E-state index is -0.914. The number of anilines is 1. The van der Waals surface area contributed by atoms with Gasteiger partial charge >= 0.3 is 11.8 Å². The first kappa shape index (κ1) is 16.9. The number of benzene rings is 2. The molecule has 0 heterocycles. The van der Waals surface area contributed by atoms with Gasteiger partial charge in [-0.15, -0.1) is 0 Å². The summed E-state index contributed by atoms with van der Waals surface area (Å²) in [6, 6.07) is 10.8. The lowest BCUT2D eigenvalue weighted by Crippen LogP contribution is -2.39. The summed E-state index contributed by atoms with van der Waals surface area (Å²) in [5.74, 6) is -2.28. The van der Waals surface area contributed by atoms with E-state index in [1.54, 1.807) is 24.3 Å². The largest absolute Gasteiger partial charge is 0.394 e. The first-order chi connectivity index (χ1) is 11.0. The summed E-state index contributed by atoms with van der Waals surface area (Å²) in [5, 5.41) is 14.7. The Bertz CT molecular complexity index is 689. The molecule has 0 aliphatic rings. The molecule has 2 amide bonds. The number of carbonyl (C=O) groups is 2. The number of rotatable bonds is 4. The van der Waals surface area contributed by atoms with Crippen LogP contribution in [0.5, 0.6) is 0 Å². The molecule has 0 fully saturated rings. The van der Waals surface area contributed by atoms with E-state index in [4.69, 9.17) is 11.6 Å². The fourth-order valence-electron chi connectivity index (χ4n) is 1.87. The summed E-state index contributed by atoms with van der Waals surface area (Å²) in [6.07, 6.45) is 0. The third-order valence-electron chi connectivity index (χ3n) is 3.07. The number of halogens is 2. The summed E-state index contributed by atoms with van der Waals surface area (Å²) in [5.41, 5.74) is 0.901. The lowest BCUT2D eigenvalue weighted by molar-refractivity contribution is -0.136. The van der Waals surface area contributed by atoms with Gasteiger partial charge in [-0.1, -0.05) is 23.7 Å². The van der Waals surface area contributed by atoms with Crippen molar-refractivity contribution in [2.45, 2.75) is 6.04 Å². The zero-order chi connectivity index (χ0) is 16.8. The number of hydrogen-bond acceptors (Lipinski definition) is 3. The Kier molecular flexibility index (Phi) is 5.67. The highest BCUT2D eigenvalue weighted by Crippen LogP contribution is 2.16. The van der Waals surface area contributed by atoms with Gasteiger partial charge in [-0.05, 0) is 42.0 Å². The molecule has 0 saturated carbocycles. The maximum Gasteiger partial charge on any atom is 0.313 e. The van der Waals surface area contributed by atoms with Crippen molar-refractivity contribution in [1.29, 1.82) is 0 Å². The molecule has 2 aromatic rings. The molecule has 0 saturated heterocycles. The van der Waals surface area contributed by atoms with Crippen molar-refractivity contribution in [3.8, 4) is 0 Å². The highest BCUT2D eigenvalue weighted by molar-refractivity contribution is 6.39. The van der Waals surface area contributed by atoms with Crippen LogP contribution < -0.4 is 10.6 Å². The Hall–Kier alpha value is -2.44. The van der Waals surface area contributed by atoms with E-state index in [0.717, 1.165) is 12.1 Å². The quantitative estimate of drug-likeness (QED) is 0.749. The molecule has 0 aromatic heterocycles. The van der Waals surface area contributed by atoms with Crippen molar-refractivity contribution in [2.24, 2.45) is 0 Å². The smallest absolute Gasteiger partial charge is 0.313 e. The Labute approximate surface area is 137 Å². The van der Waals surface area contributed by atoms with E-state index >= 15 is 0 Å². The van der Waals surface area contributed by atoms with Gasteiger partial charge < -0.3 is 15.7 Å². The molecule has 0 aliphatic heterocycles. The number of nitrogens with one attached hydrogen (secondary N) is 2. The van der Waals surface area contributed by atoms with Crippen LogP contribution in [0.1, 0.15) is 11.6 Å². The Morgan fingerprint density at radius 2 is 1.65 bits per heavy atom. The van der Waals surface area contributed by atoms with Gasteiger partial charge in [0.25, 0.3) is 0 Å². The van der Waals surface area contributed by atoms with Crippen molar-refractivity contribution < 1.29 is 19.1 Å². The van der Waals surface area contributed by atoms with Gasteiger partial charge in [0.2, 0.25) is 0 Å². The van der Waals surface area contributed by atoms with Gasteiger partial charge in [0.05, 0.1) is 12.6 Å². The first-order valence-electron chi connectivity index (χ1n) is 6.73. The van der Waals surface area contributed by atoms with Crippen LogP contribution in [-0.2, 0) is 9.59 Å². The van der Waals surface area contributed by atoms with Crippen LogP contribution in [0.2, 0.25) is 5.02 Å². The molecule has 1 atom stereocenters.